The van der Waals surface area contributed by atoms with Gasteiger partial charge in [0.2, 0.25) is 0 Å². The standard InChI is InChI=1S/C19H23BrN2O3/c1-13-11-14(5-7-16(13)20)19(23)21-15-6-8-17(24-4)18(12-15)25-10-9-22(2)3/h5-8,11-12H,9-10H2,1-4H3,(H,21,23). The lowest BCUT2D eigenvalue weighted by molar-refractivity contribution is 0.102. The zero-order valence-corrected chi connectivity index (χ0v) is 16.5. The van der Waals surface area contributed by atoms with E-state index in [2.05, 4.69) is 21.2 Å². The van der Waals surface area contributed by atoms with Crippen molar-refractivity contribution in [2.24, 2.45) is 0 Å². The number of carbonyl (C=O) groups excluding carboxylic acids is 1. The minimum Gasteiger partial charge on any atom is -0.493 e. The molecule has 0 atom stereocenters. The van der Waals surface area contributed by atoms with E-state index in [1.54, 1.807) is 31.4 Å². The number of carbonyl (C=O) groups is 1. The molecule has 6 heteroatoms. The highest BCUT2D eigenvalue weighted by Crippen LogP contribution is 2.30. The van der Waals surface area contributed by atoms with Gasteiger partial charge in [-0.3, -0.25) is 4.79 Å². The lowest BCUT2D eigenvalue weighted by Crippen LogP contribution is -2.19. The third kappa shape index (κ3) is 5.47. The Hall–Kier alpha value is -2.05. The number of hydrogen-bond acceptors (Lipinski definition) is 4. The zero-order valence-electron chi connectivity index (χ0n) is 14.9. The monoisotopic (exact) mass is 406 g/mol. The largest absolute Gasteiger partial charge is 0.493 e. The van der Waals surface area contributed by atoms with Gasteiger partial charge in [0.15, 0.2) is 11.5 Å². The van der Waals surface area contributed by atoms with Crippen molar-refractivity contribution in [2.75, 3.05) is 39.7 Å². The minimum absolute atomic E-state index is 0.167. The van der Waals surface area contributed by atoms with Crippen LogP contribution in [0.15, 0.2) is 40.9 Å². The molecule has 25 heavy (non-hydrogen) atoms. The summed E-state index contributed by atoms with van der Waals surface area (Å²) < 4.78 is 12.1. The van der Waals surface area contributed by atoms with E-state index < -0.39 is 0 Å². The molecule has 0 aliphatic carbocycles. The number of hydrogen-bond donors (Lipinski definition) is 1. The zero-order chi connectivity index (χ0) is 18.4. The van der Waals surface area contributed by atoms with Crippen LogP contribution in [-0.4, -0.2) is 45.2 Å². The summed E-state index contributed by atoms with van der Waals surface area (Å²) in [4.78, 5) is 14.5. The Morgan fingerprint density at radius 2 is 1.92 bits per heavy atom. The molecule has 0 aliphatic heterocycles. The maximum atomic E-state index is 12.4. The van der Waals surface area contributed by atoms with Crippen molar-refractivity contribution >= 4 is 27.5 Å². The van der Waals surface area contributed by atoms with Crippen LogP contribution in [0.1, 0.15) is 15.9 Å². The predicted octanol–water partition coefficient (Wildman–Crippen LogP) is 3.96. The minimum atomic E-state index is -0.167. The number of amides is 1. The summed E-state index contributed by atoms with van der Waals surface area (Å²) in [6.45, 7) is 3.27. The predicted molar refractivity (Wildman–Crippen MR) is 104 cm³/mol. The van der Waals surface area contributed by atoms with Crippen molar-refractivity contribution in [3.63, 3.8) is 0 Å². The van der Waals surface area contributed by atoms with E-state index in [1.807, 2.05) is 38.1 Å². The molecule has 0 bridgehead atoms. The van der Waals surface area contributed by atoms with Gasteiger partial charge in [-0.05, 0) is 56.9 Å². The Labute approximate surface area is 157 Å². The molecule has 0 heterocycles. The Kier molecular flexibility index (Phi) is 6.84. The van der Waals surface area contributed by atoms with E-state index in [0.717, 1.165) is 16.6 Å². The second-order valence-corrected chi connectivity index (χ2v) is 6.79. The van der Waals surface area contributed by atoms with Crippen molar-refractivity contribution in [3.05, 3.63) is 52.0 Å². The van der Waals surface area contributed by atoms with Gasteiger partial charge < -0.3 is 19.7 Å². The fourth-order valence-electron chi connectivity index (χ4n) is 2.19. The molecule has 2 aromatic rings. The molecule has 0 aromatic heterocycles. The molecule has 1 N–H and O–H groups in total. The molecule has 134 valence electrons. The van der Waals surface area contributed by atoms with Gasteiger partial charge in [0.1, 0.15) is 6.61 Å². The SMILES string of the molecule is COc1ccc(NC(=O)c2ccc(Br)c(C)c2)cc1OCCN(C)C. The number of methoxy groups -OCH3 is 1. The first kappa shape index (κ1) is 19.3. The number of anilines is 1. The lowest BCUT2D eigenvalue weighted by Gasteiger charge is -2.15. The first-order valence-electron chi connectivity index (χ1n) is 7.94. The number of aryl methyl sites for hydroxylation is 1. The maximum Gasteiger partial charge on any atom is 0.255 e. The number of nitrogens with zero attached hydrogens (tertiary/aromatic N) is 1. The van der Waals surface area contributed by atoms with Gasteiger partial charge in [0.25, 0.3) is 5.91 Å². The van der Waals surface area contributed by atoms with Crippen molar-refractivity contribution in [2.45, 2.75) is 6.92 Å². The molecule has 0 saturated heterocycles. The van der Waals surface area contributed by atoms with Crippen LogP contribution in [0.2, 0.25) is 0 Å². The van der Waals surface area contributed by atoms with E-state index in [9.17, 15) is 4.79 Å². The Balaban J connectivity index is 2.12. The average molecular weight is 407 g/mol. The van der Waals surface area contributed by atoms with Crippen LogP contribution in [0.3, 0.4) is 0 Å². The fraction of sp³-hybridized carbons (Fsp3) is 0.316. The molecule has 1 amide bonds. The molecule has 5 nitrogen and oxygen atoms in total. The van der Waals surface area contributed by atoms with E-state index in [0.29, 0.717) is 29.4 Å². The summed E-state index contributed by atoms with van der Waals surface area (Å²) in [6, 6.07) is 10.8. The molecule has 2 rings (SSSR count). The van der Waals surface area contributed by atoms with Crippen molar-refractivity contribution in [1.29, 1.82) is 0 Å². The van der Waals surface area contributed by atoms with Crippen LogP contribution >= 0.6 is 15.9 Å². The Morgan fingerprint density at radius 1 is 1.16 bits per heavy atom. The highest BCUT2D eigenvalue weighted by molar-refractivity contribution is 9.10. The van der Waals surface area contributed by atoms with Gasteiger partial charge >= 0.3 is 0 Å². The van der Waals surface area contributed by atoms with Crippen molar-refractivity contribution < 1.29 is 14.3 Å². The van der Waals surface area contributed by atoms with Crippen LogP contribution in [0.25, 0.3) is 0 Å². The number of ether oxygens (including phenoxy) is 2. The molecular weight excluding hydrogens is 384 g/mol. The summed E-state index contributed by atoms with van der Waals surface area (Å²) in [5.41, 5.74) is 2.27. The summed E-state index contributed by atoms with van der Waals surface area (Å²) in [5, 5.41) is 2.90. The molecule has 0 spiro atoms. The number of likely N-dealkylation sites (N-methyl/N-ethyl adjacent to an activating group) is 1. The van der Waals surface area contributed by atoms with Crippen molar-refractivity contribution in [1.82, 2.24) is 4.90 Å². The van der Waals surface area contributed by atoms with Crippen LogP contribution in [0.5, 0.6) is 11.5 Å². The molecule has 0 unspecified atom stereocenters. The second kappa shape index (κ2) is 8.87. The quantitative estimate of drug-likeness (QED) is 0.755. The van der Waals surface area contributed by atoms with E-state index >= 15 is 0 Å². The first-order valence-corrected chi connectivity index (χ1v) is 8.73. The summed E-state index contributed by atoms with van der Waals surface area (Å²) in [6.07, 6.45) is 0. The van der Waals surface area contributed by atoms with Gasteiger partial charge in [-0.1, -0.05) is 15.9 Å². The van der Waals surface area contributed by atoms with E-state index in [1.165, 1.54) is 0 Å². The van der Waals surface area contributed by atoms with Crippen LogP contribution in [0, 0.1) is 6.92 Å². The van der Waals surface area contributed by atoms with Crippen LogP contribution in [0.4, 0.5) is 5.69 Å². The van der Waals surface area contributed by atoms with Gasteiger partial charge in [-0.2, -0.15) is 0 Å². The topological polar surface area (TPSA) is 50.8 Å². The third-order valence-electron chi connectivity index (χ3n) is 3.64. The molecule has 0 aliphatic rings. The van der Waals surface area contributed by atoms with Gasteiger partial charge in [0, 0.05) is 28.3 Å². The smallest absolute Gasteiger partial charge is 0.255 e. The fourth-order valence-corrected chi connectivity index (χ4v) is 2.44. The molecule has 2 aromatic carbocycles. The molecule has 0 radical (unpaired) electrons. The summed E-state index contributed by atoms with van der Waals surface area (Å²) >= 11 is 3.44. The molecule has 0 fully saturated rings. The first-order chi connectivity index (χ1) is 11.9. The van der Waals surface area contributed by atoms with Crippen LogP contribution in [-0.2, 0) is 0 Å². The van der Waals surface area contributed by atoms with Gasteiger partial charge in [0.05, 0.1) is 7.11 Å². The van der Waals surface area contributed by atoms with Gasteiger partial charge in [-0.25, -0.2) is 0 Å². The number of nitrogens with one attached hydrogen (secondary N) is 1. The maximum absolute atomic E-state index is 12.4. The highest BCUT2D eigenvalue weighted by atomic mass is 79.9. The van der Waals surface area contributed by atoms with Crippen molar-refractivity contribution in [3.8, 4) is 11.5 Å². The second-order valence-electron chi connectivity index (χ2n) is 5.94. The highest BCUT2D eigenvalue weighted by Gasteiger charge is 2.11. The summed E-state index contributed by atoms with van der Waals surface area (Å²) in [5.74, 6) is 1.07. The number of rotatable bonds is 7. The molecular formula is C19H23BrN2O3. The Bertz CT molecular complexity index is 747. The average Bonchev–Trinajstić information content (AvgIpc) is 2.57. The van der Waals surface area contributed by atoms with Gasteiger partial charge in [-0.15, -0.1) is 0 Å². The normalized spacial score (nSPS) is 10.6. The summed E-state index contributed by atoms with van der Waals surface area (Å²) in [7, 11) is 5.56. The Morgan fingerprint density at radius 3 is 2.56 bits per heavy atom. The van der Waals surface area contributed by atoms with Crippen LogP contribution < -0.4 is 14.8 Å². The third-order valence-corrected chi connectivity index (χ3v) is 4.53. The number of benzene rings is 2. The lowest BCUT2D eigenvalue weighted by atomic mass is 10.1. The van der Waals surface area contributed by atoms with E-state index in [-0.39, 0.29) is 5.91 Å². The van der Waals surface area contributed by atoms with E-state index in [4.69, 9.17) is 9.47 Å². The number of halogens is 1. The molecule has 0 saturated carbocycles.